The molecule has 0 N–H and O–H groups in total. The molecule has 0 fully saturated rings. The third-order valence-corrected chi connectivity index (χ3v) is 4.61. The molecule has 5 heteroatoms. The van der Waals surface area contributed by atoms with Gasteiger partial charge in [-0.3, -0.25) is 0 Å². The number of benzene rings is 1. The van der Waals surface area contributed by atoms with Gasteiger partial charge in [0, 0.05) is 0 Å². The van der Waals surface area contributed by atoms with Crippen molar-refractivity contribution in [2.24, 2.45) is 0 Å². The zero-order valence-corrected chi connectivity index (χ0v) is 10.3. The summed E-state index contributed by atoms with van der Waals surface area (Å²) in [6.45, 7) is 0. The molecule has 0 atom stereocenters. The Morgan fingerprint density at radius 1 is 0.882 bits per heavy atom. The number of para-hydroxylation sites is 2. The minimum atomic E-state index is -0.261. The van der Waals surface area contributed by atoms with Gasteiger partial charge in [-0.25, -0.2) is 0 Å². The zero-order chi connectivity index (χ0) is 11.8. The van der Waals surface area contributed by atoms with Crippen molar-refractivity contribution in [3.63, 3.8) is 0 Å². The van der Waals surface area contributed by atoms with Crippen molar-refractivity contribution in [1.82, 2.24) is 9.97 Å². The monoisotopic (exact) mass is 290 g/mol. The Bertz CT molecular complexity index is 687. The summed E-state index contributed by atoms with van der Waals surface area (Å²) in [5, 5.41) is 0. The van der Waals surface area contributed by atoms with Crippen LogP contribution in [0.15, 0.2) is 24.3 Å². The molecule has 17 heavy (non-hydrogen) atoms. The van der Waals surface area contributed by atoms with Gasteiger partial charge in [0.1, 0.15) is 0 Å². The van der Waals surface area contributed by atoms with Gasteiger partial charge in [-0.05, 0) is 0 Å². The van der Waals surface area contributed by atoms with Gasteiger partial charge >= 0.3 is 102 Å². The fraction of sp³-hybridized carbons (Fsp3) is 0. The quantitative estimate of drug-likeness (QED) is 0.529. The van der Waals surface area contributed by atoms with Gasteiger partial charge in [-0.15, -0.1) is 0 Å². The van der Waals surface area contributed by atoms with Gasteiger partial charge in [-0.2, -0.15) is 0 Å². The van der Waals surface area contributed by atoms with Crippen LogP contribution in [0.2, 0.25) is 0 Å². The average Bonchev–Trinajstić information content (AvgIpc) is 2.73. The van der Waals surface area contributed by atoms with Crippen LogP contribution < -0.4 is 0 Å². The van der Waals surface area contributed by atoms with Crippen LogP contribution in [0.4, 0.5) is 0 Å². The van der Waals surface area contributed by atoms with Crippen molar-refractivity contribution in [2.75, 3.05) is 0 Å². The SMILES string of the molecule is O=Cc1[se]c(C=O)c2nc3ccccc3nc12. The molecule has 0 saturated carbocycles. The first kappa shape index (κ1) is 10.3. The summed E-state index contributed by atoms with van der Waals surface area (Å²) in [7, 11) is 0. The summed E-state index contributed by atoms with van der Waals surface area (Å²) in [5.74, 6) is 0. The van der Waals surface area contributed by atoms with Crippen LogP contribution in [0.5, 0.6) is 0 Å². The molecule has 0 radical (unpaired) electrons. The number of nitrogens with zero attached hydrogens (tertiary/aromatic N) is 2. The van der Waals surface area contributed by atoms with Gasteiger partial charge in [0.15, 0.2) is 0 Å². The van der Waals surface area contributed by atoms with Crippen molar-refractivity contribution in [2.45, 2.75) is 0 Å². The van der Waals surface area contributed by atoms with Gasteiger partial charge < -0.3 is 0 Å². The van der Waals surface area contributed by atoms with Crippen molar-refractivity contribution in [3.8, 4) is 0 Å². The zero-order valence-electron chi connectivity index (χ0n) is 8.58. The van der Waals surface area contributed by atoms with Crippen molar-refractivity contribution in [1.29, 1.82) is 0 Å². The van der Waals surface area contributed by atoms with Crippen LogP contribution in [0, 0.1) is 0 Å². The maximum atomic E-state index is 10.9. The Labute approximate surface area is 102 Å². The Balaban J connectivity index is 2.52. The van der Waals surface area contributed by atoms with E-state index in [0.29, 0.717) is 19.9 Å². The Hall–Kier alpha value is -1.84. The van der Waals surface area contributed by atoms with E-state index in [9.17, 15) is 9.59 Å². The minimum absolute atomic E-state index is 0.261. The molecule has 0 saturated heterocycles. The Morgan fingerprint density at radius 3 is 1.76 bits per heavy atom. The molecule has 2 aromatic heterocycles. The van der Waals surface area contributed by atoms with Crippen LogP contribution in [0.3, 0.4) is 0 Å². The van der Waals surface area contributed by atoms with Crippen LogP contribution in [-0.2, 0) is 0 Å². The van der Waals surface area contributed by atoms with Crippen LogP contribution in [0.1, 0.15) is 18.5 Å². The predicted octanol–water partition coefficient (Wildman–Crippen LogP) is 1.46. The van der Waals surface area contributed by atoms with E-state index in [2.05, 4.69) is 9.97 Å². The molecule has 2 heterocycles. The first-order valence-corrected chi connectivity index (χ1v) is 6.64. The molecular weight excluding hydrogens is 283 g/mol. The second-order valence-electron chi connectivity index (χ2n) is 3.48. The Kier molecular flexibility index (Phi) is 2.35. The molecule has 0 unspecified atom stereocenters. The first-order valence-electron chi connectivity index (χ1n) is 4.93. The second-order valence-corrected chi connectivity index (χ2v) is 5.75. The van der Waals surface area contributed by atoms with Crippen LogP contribution in [-0.4, -0.2) is 37.0 Å². The van der Waals surface area contributed by atoms with Gasteiger partial charge in [0.05, 0.1) is 0 Å². The summed E-state index contributed by atoms with van der Waals surface area (Å²) < 4.78 is 1.18. The fourth-order valence-corrected chi connectivity index (χ4v) is 3.42. The van der Waals surface area contributed by atoms with Crippen molar-refractivity contribution in [3.05, 3.63) is 33.1 Å². The maximum absolute atomic E-state index is 10.9. The summed E-state index contributed by atoms with van der Waals surface area (Å²) in [6.07, 6.45) is 1.55. The number of hydrogen-bond donors (Lipinski definition) is 0. The number of aromatic nitrogens is 2. The molecule has 0 aliphatic heterocycles. The summed E-state index contributed by atoms with van der Waals surface area (Å²) in [6, 6.07) is 7.43. The number of rotatable bonds is 2. The van der Waals surface area contributed by atoms with E-state index in [1.165, 1.54) is 0 Å². The third kappa shape index (κ3) is 1.52. The molecule has 0 aliphatic rings. The van der Waals surface area contributed by atoms with E-state index in [4.69, 9.17) is 0 Å². The molecule has 0 bridgehead atoms. The average molecular weight is 289 g/mol. The first-order chi connectivity index (χ1) is 8.33. The second kappa shape index (κ2) is 3.87. The van der Waals surface area contributed by atoms with Gasteiger partial charge in [0.25, 0.3) is 0 Å². The molecule has 3 aromatic rings. The van der Waals surface area contributed by atoms with E-state index < -0.39 is 0 Å². The molecule has 82 valence electrons. The molecule has 0 spiro atoms. The summed E-state index contributed by atoms with van der Waals surface area (Å²) >= 11 is -0.261. The molecular formula is C12H6N2O2Se. The van der Waals surface area contributed by atoms with Crippen LogP contribution >= 0.6 is 0 Å². The number of carbonyl (C=O) groups is 2. The number of carbonyl (C=O) groups excluding carboxylic acids is 2. The van der Waals surface area contributed by atoms with E-state index in [1.54, 1.807) is 0 Å². The Morgan fingerprint density at radius 2 is 1.35 bits per heavy atom. The van der Waals surface area contributed by atoms with Crippen molar-refractivity contribution < 1.29 is 9.59 Å². The van der Waals surface area contributed by atoms with Crippen LogP contribution in [0.25, 0.3) is 22.1 Å². The molecule has 0 aliphatic carbocycles. The molecule has 0 amide bonds. The van der Waals surface area contributed by atoms with E-state index in [1.807, 2.05) is 24.3 Å². The normalized spacial score (nSPS) is 10.8. The topological polar surface area (TPSA) is 59.9 Å². The van der Waals surface area contributed by atoms with Crippen molar-refractivity contribution >= 4 is 49.1 Å². The van der Waals surface area contributed by atoms with E-state index in [-0.39, 0.29) is 14.5 Å². The summed E-state index contributed by atoms with van der Waals surface area (Å²) in [4.78, 5) is 30.7. The standard InChI is InChI=1S/C12H6N2O2Se/c15-5-9-11-12(10(6-16)17-9)14-8-4-2-1-3-7(8)13-11/h1-6H. The van der Waals surface area contributed by atoms with Gasteiger partial charge in [0.2, 0.25) is 0 Å². The van der Waals surface area contributed by atoms with E-state index >= 15 is 0 Å². The third-order valence-electron chi connectivity index (χ3n) is 2.47. The van der Waals surface area contributed by atoms with E-state index in [0.717, 1.165) is 23.6 Å². The predicted molar refractivity (Wildman–Crippen MR) is 64.8 cm³/mol. The number of aldehydes is 2. The molecule has 3 rings (SSSR count). The molecule has 4 nitrogen and oxygen atoms in total. The summed E-state index contributed by atoms with van der Waals surface area (Å²) in [5.41, 5.74) is 2.63. The number of hydrogen-bond acceptors (Lipinski definition) is 4. The fourth-order valence-electron chi connectivity index (χ4n) is 1.72. The number of fused-ring (bicyclic) bond motifs is 2. The van der Waals surface area contributed by atoms with Gasteiger partial charge in [-0.1, -0.05) is 0 Å². The molecule has 1 aromatic carbocycles.